The highest BCUT2D eigenvalue weighted by molar-refractivity contribution is 5.20. The lowest BCUT2D eigenvalue weighted by Gasteiger charge is -2.16. The molecule has 12 heavy (non-hydrogen) atoms. The maximum absolute atomic E-state index is 4.93. The van der Waals surface area contributed by atoms with Crippen molar-refractivity contribution in [1.82, 2.24) is 15.0 Å². The number of nitrogens with zero attached hydrogens (tertiary/aromatic N) is 4. The molecule has 66 valence electrons. The van der Waals surface area contributed by atoms with Crippen molar-refractivity contribution in [2.75, 3.05) is 26.0 Å². The van der Waals surface area contributed by atoms with Crippen molar-refractivity contribution in [3.63, 3.8) is 0 Å². The first-order valence-electron chi connectivity index (χ1n) is 3.31. The zero-order valence-corrected chi connectivity index (χ0v) is 6.97. The Labute approximate surface area is 70.1 Å². The molecule has 0 aliphatic rings. The molecule has 6 heteroatoms. The van der Waals surface area contributed by atoms with Crippen LogP contribution >= 0.6 is 0 Å². The van der Waals surface area contributed by atoms with Crippen molar-refractivity contribution in [2.24, 2.45) is 0 Å². The largest absolute Gasteiger partial charge is 0.362 e. The topological polar surface area (TPSA) is 60.4 Å². The fourth-order valence-corrected chi connectivity index (χ4v) is 0.671. The molecular weight excluding hydrogens is 160 g/mol. The summed E-state index contributed by atoms with van der Waals surface area (Å²) in [6.07, 6.45) is 2.79. The normalized spacial score (nSPS) is 9.83. The van der Waals surface area contributed by atoms with Crippen LogP contribution in [-0.2, 0) is 9.57 Å². The lowest BCUT2D eigenvalue weighted by molar-refractivity contribution is 0.0706. The molecule has 0 bridgehead atoms. The van der Waals surface area contributed by atoms with Crippen LogP contribution in [0, 0.1) is 0 Å². The van der Waals surface area contributed by atoms with E-state index >= 15 is 0 Å². The van der Waals surface area contributed by atoms with E-state index in [0.29, 0.717) is 5.95 Å². The Kier molecular flexibility index (Phi) is 3.36. The highest BCUT2D eigenvalue weighted by Crippen LogP contribution is 2.02. The van der Waals surface area contributed by atoms with E-state index in [1.165, 1.54) is 24.8 Å². The summed E-state index contributed by atoms with van der Waals surface area (Å²) in [4.78, 5) is 16.3. The van der Waals surface area contributed by atoms with Crippen molar-refractivity contribution in [2.45, 2.75) is 0 Å². The summed E-state index contributed by atoms with van der Waals surface area (Å²) in [7, 11) is 3.08. The molecule has 0 saturated heterocycles. The summed E-state index contributed by atoms with van der Waals surface area (Å²) in [5.74, 6) is 0.425. The number of aromatic nitrogens is 3. The summed E-state index contributed by atoms with van der Waals surface area (Å²) in [6.45, 7) is 0.278. The molecule has 0 amide bonds. The van der Waals surface area contributed by atoms with Gasteiger partial charge >= 0.3 is 0 Å². The number of hydrogen-bond donors (Lipinski definition) is 0. The Bertz CT molecular complexity index is 218. The minimum atomic E-state index is 0.278. The minimum Gasteiger partial charge on any atom is -0.362 e. The molecule has 1 aromatic rings. The third kappa shape index (κ3) is 2.11. The molecule has 0 atom stereocenters. The number of methoxy groups -OCH3 is 1. The van der Waals surface area contributed by atoms with Gasteiger partial charge in [0.15, 0.2) is 0 Å². The van der Waals surface area contributed by atoms with Gasteiger partial charge in [-0.25, -0.2) is 4.98 Å². The van der Waals surface area contributed by atoms with Crippen LogP contribution in [-0.4, -0.2) is 35.9 Å². The Hall–Kier alpha value is -1.27. The molecule has 0 radical (unpaired) electrons. The smallest absolute Gasteiger partial charge is 0.255 e. The van der Waals surface area contributed by atoms with Gasteiger partial charge in [-0.3, -0.25) is 4.84 Å². The van der Waals surface area contributed by atoms with Crippen LogP contribution in [0.2, 0.25) is 0 Å². The number of anilines is 1. The molecule has 0 saturated carbocycles. The summed E-state index contributed by atoms with van der Waals surface area (Å²) < 4.78 is 4.85. The Morgan fingerprint density at radius 2 is 2.00 bits per heavy atom. The second kappa shape index (κ2) is 4.58. The van der Waals surface area contributed by atoms with E-state index in [1.807, 2.05) is 0 Å². The fraction of sp³-hybridized carbons (Fsp3) is 0.500. The van der Waals surface area contributed by atoms with Crippen LogP contribution in [0.1, 0.15) is 0 Å². The lowest BCUT2D eigenvalue weighted by atomic mass is 10.9. The maximum Gasteiger partial charge on any atom is 0.255 e. The van der Waals surface area contributed by atoms with Crippen molar-refractivity contribution in [1.29, 1.82) is 0 Å². The van der Waals surface area contributed by atoms with E-state index in [9.17, 15) is 0 Å². The predicted octanol–water partition coefficient (Wildman–Crippen LogP) is -0.157. The Balaban J connectivity index is 2.66. The highest BCUT2D eigenvalue weighted by atomic mass is 16.7. The van der Waals surface area contributed by atoms with Gasteiger partial charge in [0.05, 0.1) is 7.11 Å². The van der Waals surface area contributed by atoms with E-state index < -0.39 is 0 Å². The third-order valence-electron chi connectivity index (χ3n) is 1.17. The van der Waals surface area contributed by atoms with E-state index in [1.54, 1.807) is 7.11 Å². The quantitative estimate of drug-likeness (QED) is 0.462. The van der Waals surface area contributed by atoms with Gasteiger partial charge in [0.1, 0.15) is 19.4 Å². The van der Waals surface area contributed by atoms with Crippen LogP contribution in [0.4, 0.5) is 5.95 Å². The molecule has 0 fully saturated rings. The van der Waals surface area contributed by atoms with Gasteiger partial charge in [-0.1, -0.05) is 0 Å². The summed E-state index contributed by atoms with van der Waals surface area (Å²) in [5, 5.41) is 1.40. The van der Waals surface area contributed by atoms with Gasteiger partial charge in [-0.15, -0.1) is 0 Å². The van der Waals surface area contributed by atoms with Crippen LogP contribution < -0.4 is 5.06 Å². The first-order chi connectivity index (χ1) is 5.88. The SMILES string of the molecule is COCN(OC)c1ncncn1. The maximum atomic E-state index is 4.93. The highest BCUT2D eigenvalue weighted by Gasteiger charge is 2.06. The molecule has 6 nitrogen and oxygen atoms in total. The van der Waals surface area contributed by atoms with Gasteiger partial charge in [-0.05, 0) is 0 Å². The predicted molar refractivity (Wildman–Crippen MR) is 41.2 cm³/mol. The second-order valence-corrected chi connectivity index (χ2v) is 1.92. The monoisotopic (exact) mass is 170 g/mol. The van der Waals surface area contributed by atoms with Crippen LogP contribution in [0.5, 0.6) is 0 Å². The zero-order chi connectivity index (χ0) is 8.81. The second-order valence-electron chi connectivity index (χ2n) is 1.92. The van der Waals surface area contributed by atoms with E-state index in [-0.39, 0.29) is 6.73 Å². The average Bonchev–Trinajstić information content (AvgIpc) is 2.15. The van der Waals surface area contributed by atoms with E-state index in [4.69, 9.17) is 9.57 Å². The molecule has 0 aliphatic heterocycles. The number of rotatable bonds is 4. The van der Waals surface area contributed by atoms with Crippen molar-refractivity contribution in [3.05, 3.63) is 12.7 Å². The van der Waals surface area contributed by atoms with Gasteiger partial charge in [-0.2, -0.15) is 15.0 Å². The molecular formula is C6H10N4O2. The Morgan fingerprint density at radius 3 is 2.50 bits per heavy atom. The fourth-order valence-electron chi connectivity index (χ4n) is 0.671. The van der Waals surface area contributed by atoms with Crippen LogP contribution in [0.15, 0.2) is 12.7 Å². The van der Waals surface area contributed by atoms with Gasteiger partial charge in [0.2, 0.25) is 0 Å². The van der Waals surface area contributed by atoms with E-state index in [0.717, 1.165) is 0 Å². The van der Waals surface area contributed by atoms with Crippen molar-refractivity contribution >= 4 is 5.95 Å². The first-order valence-corrected chi connectivity index (χ1v) is 3.31. The number of hydrogen-bond acceptors (Lipinski definition) is 6. The molecule has 0 aliphatic carbocycles. The molecule has 0 spiro atoms. The van der Waals surface area contributed by atoms with Gasteiger partial charge < -0.3 is 4.74 Å². The molecule has 1 aromatic heterocycles. The molecule has 0 aromatic carbocycles. The zero-order valence-electron chi connectivity index (χ0n) is 6.97. The summed E-state index contributed by atoms with van der Waals surface area (Å²) in [5.41, 5.74) is 0. The van der Waals surface area contributed by atoms with Crippen LogP contribution in [0.25, 0.3) is 0 Å². The average molecular weight is 170 g/mol. The minimum absolute atomic E-state index is 0.278. The lowest BCUT2D eigenvalue weighted by Crippen LogP contribution is -2.25. The molecule has 0 N–H and O–H groups in total. The number of hydroxylamine groups is 1. The first kappa shape index (κ1) is 8.82. The summed E-state index contributed by atoms with van der Waals surface area (Å²) >= 11 is 0. The van der Waals surface area contributed by atoms with Gasteiger partial charge in [0.25, 0.3) is 5.95 Å². The van der Waals surface area contributed by atoms with Crippen LogP contribution in [0.3, 0.4) is 0 Å². The van der Waals surface area contributed by atoms with E-state index in [2.05, 4.69) is 15.0 Å². The van der Waals surface area contributed by atoms with Crippen molar-refractivity contribution < 1.29 is 9.57 Å². The third-order valence-corrected chi connectivity index (χ3v) is 1.17. The molecule has 1 heterocycles. The van der Waals surface area contributed by atoms with Gasteiger partial charge in [0, 0.05) is 7.11 Å². The molecule has 0 unspecified atom stereocenters. The van der Waals surface area contributed by atoms with Crippen molar-refractivity contribution in [3.8, 4) is 0 Å². The standard InChI is InChI=1S/C6H10N4O2/c1-11-5-10(12-2)6-8-3-7-4-9-6/h3-4H,5H2,1-2H3. The number of ether oxygens (including phenoxy) is 1. The summed E-state index contributed by atoms with van der Waals surface area (Å²) in [6, 6.07) is 0. The Morgan fingerprint density at radius 1 is 1.33 bits per heavy atom. The molecule has 1 rings (SSSR count).